The summed E-state index contributed by atoms with van der Waals surface area (Å²) in [6, 6.07) is 6.05. The summed E-state index contributed by atoms with van der Waals surface area (Å²) in [5.41, 5.74) is 2.81. The minimum Gasteiger partial charge on any atom is -0.282 e. The van der Waals surface area contributed by atoms with Gasteiger partial charge in [0.2, 0.25) is 5.69 Å². The van der Waals surface area contributed by atoms with Crippen LogP contribution in [-0.2, 0) is 0 Å². The molecule has 0 atom stereocenters. The van der Waals surface area contributed by atoms with Crippen LogP contribution in [0.1, 0.15) is 11.1 Å². The quantitative estimate of drug-likeness (QED) is 0.640. The van der Waals surface area contributed by atoms with Gasteiger partial charge >= 0.3 is 9.33 Å². The number of benzene rings is 1. The van der Waals surface area contributed by atoms with E-state index in [2.05, 4.69) is 5.27 Å². The second kappa shape index (κ2) is 3.80. The summed E-state index contributed by atoms with van der Waals surface area (Å²) in [4.78, 5) is 11.2. The van der Waals surface area contributed by atoms with E-state index in [0.29, 0.717) is 3.70 Å². The van der Waals surface area contributed by atoms with Crippen LogP contribution in [0.5, 0.6) is 0 Å². The lowest BCUT2D eigenvalue weighted by molar-refractivity contribution is -0.682. The van der Waals surface area contributed by atoms with Crippen molar-refractivity contribution in [3.63, 3.8) is 0 Å². The largest absolute Gasteiger partial charge is 0.441 e. The Morgan fingerprint density at radius 1 is 1.40 bits per heavy atom. The van der Waals surface area contributed by atoms with E-state index in [9.17, 15) is 4.79 Å². The average molecular weight is 317 g/mol. The van der Waals surface area contributed by atoms with Gasteiger partial charge in [-0.15, -0.1) is 0 Å². The first-order valence-electron chi connectivity index (χ1n) is 4.46. The molecule has 1 aromatic heterocycles. The van der Waals surface area contributed by atoms with Crippen LogP contribution in [0.3, 0.4) is 0 Å². The third-order valence-electron chi connectivity index (χ3n) is 2.20. The number of hydrogen-bond acceptors (Lipinski definition) is 2. The van der Waals surface area contributed by atoms with Crippen molar-refractivity contribution in [3.05, 3.63) is 43.4 Å². The lowest BCUT2D eigenvalue weighted by Gasteiger charge is -1.97. The minimum atomic E-state index is -0.350. The van der Waals surface area contributed by atoms with Crippen molar-refractivity contribution in [2.45, 2.75) is 13.8 Å². The summed E-state index contributed by atoms with van der Waals surface area (Å²) in [5.74, 6) is 0. The van der Waals surface area contributed by atoms with Gasteiger partial charge in [-0.1, -0.05) is 12.1 Å². The Morgan fingerprint density at radius 2 is 2.13 bits per heavy atom. The predicted molar refractivity (Wildman–Crippen MR) is 63.1 cm³/mol. The molecule has 4 nitrogen and oxygen atoms in total. The molecule has 0 aliphatic heterocycles. The fourth-order valence-electron chi connectivity index (χ4n) is 1.38. The van der Waals surface area contributed by atoms with Gasteiger partial charge in [-0.3, -0.25) is 4.52 Å². The topological polar surface area (TPSA) is 49.9 Å². The first-order valence-corrected chi connectivity index (χ1v) is 5.54. The van der Waals surface area contributed by atoms with Crippen LogP contribution in [0.4, 0.5) is 0 Å². The lowest BCUT2D eigenvalue weighted by atomic mass is 10.1. The number of rotatable bonds is 1. The molecule has 15 heavy (non-hydrogen) atoms. The number of nitrogens with one attached hydrogen (secondary N) is 1. The van der Waals surface area contributed by atoms with E-state index in [-0.39, 0.29) is 5.63 Å². The van der Waals surface area contributed by atoms with Crippen LogP contribution in [-0.4, -0.2) is 5.27 Å². The van der Waals surface area contributed by atoms with E-state index in [1.54, 1.807) is 4.68 Å². The minimum absolute atomic E-state index is 0.350. The molecule has 1 heterocycles. The molecule has 0 spiro atoms. The lowest BCUT2D eigenvalue weighted by Crippen LogP contribution is -2.38. The molecule has 0 bridgehead atoms. The molecule has 1 N–H and O–H groups in total. The molecular formula is C10H10IN2O2+. The zero-order chi connectivity index (χ0) is 11.0. The Kier molecular flexibility index (Phi) is 2.64. The van der Waals surface area contributed by atoms with Crippen molar-refractivity contribution in [2.24, 2.45) is 0 Å². The number of aryl methyl sites for hydroxylation is 2. The zero-order valence-corrected chi connectivity index (χ0v) is 10.5. The Morgan fingerprint density at radius 3 is 2.73 bits per heavy atom. The highest BCUT2D eigenvalue weighted by molar-refractivity contribution is 14.1. The van der Waals surface area contributed by atoms with Crippen molar-refractivity contribution < 1.29 is 9.20 Å². The molecule has 0 radical (unpaired) electrons. The van der Waals surface area contributed by atoms with Crippen LogP contribution in [0.15, 0.2) is 27.5 Å². The standard InChI is InChI=1S/C10H9IN2O2/c1-6-3-4-7(2)8(5-6)13-9(11)10(14)15-12-13/h3-5H,1-2H3/p+1. The fraction of sp³-hybridized carbons (Fsp3) is 0.200. The van der Waals surface area contributed by atoms with Gasteiger partial charge in [0.1, 0.15) is 0 Å². The maximum absolute atomic E-state index is 11.2. The third kappa shape index (κ3) is 1.83. The van der Waals surface area contributed by atoms with Gasteiger partial charge in [0.25, 0.3) is 0 Å². The van der Waals surface area contributed by atoms with E-state index in [4.69, 9.17) is 4.52 Å². The van der Waals surface area contributed by atoms with Crippen molar-refractivity contribution in [3.8, 4) is 5.69 Å². The molecule has 1 aromatic carbocycles. The molecule has 2 aromatic rings. The van der Waals surface area contributed by atoms with Crippen LogP contribution in [0.25, 0.3) is 5.69 Å². The highest BCUT2D eigenvalue weighted by Crippen LogP contribution is 2.10. The van der Waals surface area contributed by atoms with E-state index < -0.39 is 0 Å². The average Bonchev–Trinajstić information content (AvgIpc) is 2.52. The first kappa shape index (κ1) is 10.4. The van der Waals surface area contributed by atoms with Crippen LogP contribution in [0.2, 0.25) is 0 Å². The van der Waals surface area contributed by atoms with Gasteiger partial charge < -0.3 is 0 Å². The molecule has 0 saturated heterocycles. The van der Waals surface area contributed by atoms with Crippen molar-refractivity contribution >= 4 is 22.6 Å². The Labute approximate surface area is 100 Å². The van der Waals surface area contributed by atoms with Crippen LogP contribution < -0.4 is 10.3 Å². The van der Waals surface area contributed by atoms with Gasteiger partial charge in [0.05, 0.1) is 0 Å². The molecular weight excluding hydrogens is 307 g/mol. The third-order valence-corrected chi connectivity index (χ3v) is 3.12. The summed E-state index contributed by atoms with van der Waals surface area (Å²) in [6.07, 6.45) is 0. The van der Waals surface area contributed by atoms with Gasteiger partial charge in [-0.2, -0.15) is 0 Å². The maximum Gasteiger partial charge on any atom is 0.441 e. The van der Waals surface area contributed by atoms with E-state index in [1.165, 1.54) is 0 Å². The maximum atomic E-state index is 11.2. The van der Waals surface area contributed by atoms with E-state index in [1.807, 2.05) is 54.6 Å². The predicted octanol–water partition coefficient (Wildman–Crippen LogP) is 1.47. The van der Waals surface area contributed by atoms with Crippen molar-refractivity contribution in [2.75, 3.05) is 0 Å². The highest BCUT2D eigenvalue weighted by atomic mass is 127. The molecule has 0 aliphatic rings. The van der Waals surface area contributed by atoms with Crippen molar-refractivity contribution in [1.29, 1.82) is 0 Å². The van der Waals surface area contributed by atoms with Gasteiger partial charge in [0.15, 0.2) is 0 Å². The smallest absolute Gasteiger partial charge is 0.282 e. The SMILES string of the molecule is Cc1ccc(C)c(-[n+]2[nH]oc(=O)c2I)c1. The summed E-state index contributed by atoms with van der Waals surface area (Å²) in [7, 11) is 0. The normalized spacial score (nSPS) is 10.6. The summed E-state index contributed by atoms with van der Waals surface area (Å²) in [6.45, 7) is 4.00. The molecule has 0 aliphatic carbocycles. The Bertz CT molecular complexity index is 557. The molecule has 78 valence electrons. The van der Waals surface area contributed by atoms with E-state index >= 15 is 0 Å². The summed E-state index contributed by atoms with van der Waals surface area (Å²) < 4.78 is 6.88. The number of halogens is 1. The summed E-state index contributed by atoms with van der Waals surface area (Å²) >= 11 is 1.96. The number of hydrogen-bond donors (Lipinski definition) is 1. The van der Waals surface area contributed by atoms with Crippen molar-refractivity contribution in [1.82, 2.24) is 5.27 Å². The number of H-pyrrole nitrogens is 1. The molecule has 0 saturated carbocycles. The van der Waals surface area contributed by atoms with Gasteiger partial charge in [-0.05, 0) is 29.4 Å². The van der Waals surface area contributed by atoms with Gasteiger partial charge in [0, 0.05) is 34.2 Å². The van der Waals surface area contributed by atoms with Crippen LogP contribution >= 0.6 is 22.6 Å². The number of nitrogens with zero attached hydrogens (tertiary/aromatic N) is 1. The monoisotopic (exact) mass is 317 g/mol. The second-order valence-electron chi connectivity index (χ2n) is 3.40. The molecule has 0 fully saturated rings. The fourth-order valence-corrected chi connectivity index (χ4v) is 1.84. The number of aromatic nitrogens is 2. The highest BCUT2D eigenvalue weighted by Gasteiger charge is 2.21. The van der Waals surface area contributed by atoms with E-state index in [0.717, 1.165) is 16.8 Å². The molecule has 0 amide bonds. The number of aromatic amines is 1. The molecule has 2 rings (SSSR count). The summed E-state index contributed by atoms with van der Waals surface area (Å²) in [5, 5.41) is 2.58. The second-order valence-corrected chi connectivity index (χ2v) is 4.42. The Balaban J connectivity index is 2.68. The zero-order valence-electron chi connectivity index (χ0n) is 8.37. The first-order chi connectivity index (χ1) is 7.09. The molecule has 5 heteroatoms. The van der Waals surface area contributed by atoms with Gasteiger partial charge in [-0.25, -0.2) is 4.79 Å². The Hall–Kier alpha value is -1.11. The molecule has 0 unspecified atom stereocenters. The van der Waals surface area contributed by atoms with Crippen LogP contribution in [0, 0.1) is 17.5 Å².